The van der Waals surface area contributed by atoms with E-state index in [1.807, 2.05) is 37.3 Å². The summed E-state index contributed by atoms with van der Waals surface area (Å²) in [6, 6.07) is 20.5. The van der Waals surface area contributed by atoms with Gasteiger partial charge in [-0.1, -0.05) is 30.3 Å². The minimum absolute atomic E-state index is 0.769. The molecule has 3 aromatic rings. The zero-order valence-corrected chi connectivity index (χ0v) is 17.0. The van der Waals surface area contributed by atoms with E-state index in [0.29, 0.717) is 0 Å². The molecule has 0 unspecified atom stereocenters. The van der Waals surface area contributed by atoms with Crippen LogP contribution < -0.4 is 15.0 Å². The highest BCUT2D eigenvalue weighted by Gasteiger charge is 2.19. The lowest BCUT2D eigenvalue weighted by molar-refractivity contribution is 0.249. The Balaban J connectivity index is 1.40. The first-order chi connectivity index (χ1) is 14.2. The molecule has 150 valence electrons. The average Bonchev–Trinajstić information content (AvgIpc) is 2.75. The van der Waals surface area contributed by atoms with Gasteiger partial charge in [0.15, 0.2) is 0 Å². The summed E-state index contributed by atoms with van der Waals surface area (Å²) >= 11 is 0. The van der Waals surface area contributed by atoms with Crippen LogP contribution in [0.4, 0.5) is 17.3 Å². The summed E-state index contributed by atoms with van der Waals surface area (Å²) in [6.45, 7) is 6.92. The standard InChI is InChI=1S/C23H27N5O/c1-18-24-22(26-20-8-10-21(29-2)11-9-20)16-23(25-18)28-14-12-27(13-15-28)17-19-6-4-3-5-7-19/h3-11,16H,12-15,17H2,1-2H3,(H,24,25,26). The highest BCUT2D eigenvalue weighted by Crippen LogP contribution is 2.23. The van der Waals surface area contributed by atoms with Crippen LogP contribution in [-0.4, -0.2) is 48.2 Å². The Hall–Kier alpha value is -3.12. The number of hydrogen-bond donors (Lipinski definition) is 1. The summed E-state index contributed by atoms with van der Waals surface area (Å²) in [5.74, 6) is 3.39. The van der Waals surface area contributed by atoms with E-state index in [0.717, 1.165) is 61.6 Å². The molecule has 0 amide bonds. The molecule has 29 heavy (non-hydrogen) atoms. The van der Waals surface area contributed by atoms with Crippen LogP contribution in [0.25, 0.3) is 0 Å². The largest absolute Gasteiger partial charge is 0.497 e. The van der Waals surface area contributed by atoms with Gasteiger partial charge in [-0.05, 0) is 36.8 Å². The van der Waals surface area contributed by atoms with Gasteiger partial charge in [0.25, 0.3) is 0 Å². The van der Waals surface area contributed by atoms with Crippen molar-refractivity contribution < 1.29 is 4.74 Å². The molecule has 0 spiro atoms. The summed E-state index contributed by atoms with van der Waals surface area (Å²) in [6.07, 6.45) is 0. The number of hydrogen-bond acceptors (Lipinski definition) is 6. The number of nitrogens with one attached hydrogen (secondary N) is 1. The number of benzene rings is 2. The van der Waals surface area contributed by atoms with E-state index >= 15 is 0 Å². The van der Waals surface area contributed by atoms with Gasteiger partial charge in [0, 0.05) is 44.5 Å². The first-order valence-electron chi connectivity index (χ1n) is 9.97. The van der Waals surface area contributed by atoms with Crippen molar-refractivity contribution in [2.75, 3.05) is 43.5 Å². The first-order valence-corrected chi connectivity index (χ1v) is 9.97. The topological polar surface area (TPSA) is 53.5 Å². The van der Waals surface area contributed by atoms with Gasteiger partial charge in [-0.25, -0.2) is 9.97 Å². The Morgan fingerprint density at radius 1 is 0.931 bits per heavy atom. The maximum absolute atomic E-state index is 5.22. The molecule has 1 fully saturated rings. The van der Waals surface area contributed by atoms with Gasteiger partial charge >= 0.3 is 0 Å². The Kier molecular flexibility index (Phi) is 5.91. The molecule has 6 heteroatoms. The molecule has 1 aromatic heterocycles. The third-order valence-electron chi connectivity index (χ3n) is 5.13. The molecule has 0 bridgehead atoms. The fraction of sp³-hybridized carbons (Fsp3) is 0.304. The molecular formula is C23H27N5O. The lowest BCUT2D eigenvalue weighted by Crippen LogP contribution is -2.46. The zero-order valence-electron chi connectivity index (χ0n) is 17.0. The molecule has 6 nitrogen and oxygen atoms in total. The third-order valence-corrected chi connectivity index (χ3v) is 5.13. The third kappa shape index (κ3) is 5.03. The Morgan fingerprint density at radius 3 is 2.34 bits per heavy atom. The maximum Gasteiger partial charge on any atom is 0.136 e. The number of piperazine rings is 1. The van der Waals surface area contributed by atoms with Crippen LogP contribution in [0.5, 0.6) is 5.75 Å². The smallest absolute Gasteiger partial charge is 0.136 e. The van der Waals surface area contributed by atoms with Gasteiger partial charge in [-0.2, -0.15) is 0 Å². The van der Waals surface area contributed by atoms with Crippen molar-refractivity contribution in [2.45, 2.75) is 13.5 Å². The second-order valence-corrected chi connectivity index (χ2v) is 7.26. The fourth-order valence-electron chi connectivity index (χ4n) is 3.58. The summed E-state index contributed by atoms with van der Waals surface area (Å²) < 4.78 is 5.22. The first kappa shape index (κ1) is 19.2. The molecule has 1 N–H and O–H groups in total. The SMILES string of the molecule is COc1ccc(Nc2cc(N3CCN(Cc4ccccc4)CC3)nc(C)n2)cc1. The minimum atomic E-state index is 0.769. The van der Waals surface area contributed by atoms with Crippen molar-refractivity contribution in [3.63, 3.8) is 0 Å². The van der Waals surface area contributed by atoms with Gasteiger partial charge in [-0.3, -0.25) is 4.90 Å². The van der Waals surface area contributed by atoms with Crippen LogP contribution in [0.2, 0.25) is 0 Å². The van der Waals surface area contributed by atoms with E-state index in [4.69, 9.17) is 4.74 Å². The molecule has 1 aliphatic heterocycles. The summed E-state index contributed by atoms with van der Waals surface area (Å²) in [7, 11) is 1.67. The number of methoxy groups -OCH3 is 1. The van der Waals surface area contributed by atoms with E-state index in [-0.39, 0.29) is 0 Å². The van der Waals surface area contributed by atoms with Crippen LogP contribution in [0.3, 0.4) is 0 Å². The van der Waals surface area contributed by atoms with Crippen LogP contribution in [0.1, 0.15) is 11.4 Å². The van der Waals surface area contributed by atoms with Gasteiger partial charge in [-0.15, -0.1) is 0 Å². The second-order valence-electron chi connectivity index (χ2n) is 7.26. The lowest BCUT2D eigenvalue weighted by Gasteiger charge is -2.35. The predicted molar refractivity (Wildman–Crippen MR) is 117 cm³/mol. The molecular weight excluding hydrogens is 362 g/mol. The summed E-state index contributed by atoms with van der Waals surface area (Å²) in [5.41, 5.74) is 2.34. The highest BCUT2D eigenvalue weighted by atomic mass is 16.5. The second kappa shape index (κ2) is 8.92. The molecule has 0 atom stereocenters. The molecule has 0 aliphatic carbocycles. The number of ether oxygens (including phenoxy) is 1. The highest BCUT2D eigenvalue weighted by molar-refractivity contribution is 5.60. The number of anilines is 3. The monoisotopic (exact) mass is 389 g/mol. The molecule has 4 rings (SSSR count). The van der Waals surface area contributed by atoms with Crippen molar-refractivity contribution >= 4 is 17.3 Å². The average molecular weight is 390 g/mol. The maximum atomic E-state index is 5.22. The molecule has 0 radical (unpaired) electrons. The van der Waals surface area contributed by atoms with E-state index in [9.17, 15) is 0 Å². The Bertz CT molecular complexity index is 922. The quantitative estimate of drug-likeness (QED) is 0.691. The molecule has 0 saturated carbocycles. The van der Waals surface area contributed by atoms with Crippen LogP contribution in [0, 0.1) is 6.92 Å². The normalized spacial score (nSPS) is 14.6. The van der Waals surface area contributed by atoms with E-state index < -0.39 is 0 Å². The minimum Gasteiger partial charge on any atom is -0.497 e. The van der Waals surface area contributed by atoms with Crippen molar-refractivity contribution in [2.24, 2.45) is 0 Å². The molecule has 1 saturated heterocycles. The summed E-state index contributed by atoms with van der Waals surface area (Å²) in [5, 5.41) is 3.37. The van der Waals surface area contributed by atoms with Crippen molar-refractivity contribution in [3.05, 3.63) is 72.1 Å². The Labute approximate surface area is 172 Å². The molecule has 2 aromatic carbocycles. The van der Waals surface area contributed by atoms with E-state index in [1.54, 1.807) is 7.11 Å². The van der Waals surface area contributed by atoms with Crippen molar-refractivity contribution in [1.82, 2.24) is 14.9 Å². The number of aromatic nitrogens is 2. The lowest BCUT2D eigenvalue weighted by atomic mass is 10.2. The van der Waals surface area contributed by atoms with Crippen molar-refractivity contribution in [1.29, 1.82) is 0 Å². The van der Waals surface area contributed by atoms with Crippen LogP contribution in [0.15, 0.2) is 60.7 Å². The number of nitrogens with zero attached hydrogens (tertiary/aromatic N) is 4. The predicted octanol–water partition coefficient (Wildman–Crippen LogP) is 3.86. The van der Waals surface area contributed by atoms with E-state index in [1.165, 1.54) is 5.56 Å². The molecule has 1 aliphatic rings. The van der Waals surface area contributed by atoms with Gasteiger partial charge in [0.1, 0.15) is 23.2 Å². The Morgan fingerprint density at radius 2 is 1.66 bits per heavy atom. The van der Waals surface area contributed by atoms with Crippen molar-refractivity contribution in [3.8, 4) is 5.75 Å². The zero-order chi connectivity index (χ0) is 20.1. The van der Waals surface area contributed by atoms with Gasteiger partial charge in [0.05, 0.1) is 7.11 Å². The molecule has 2 heterocycles. The van der Waals surface area contributed by atoms with Gasteiger partial charge < -0.3 is 15.0 Å². The van der Waals surface area contributed by atoms with Crippen LogP contribution in [-0.2, 0) is 6.54 Å². The summed E-state index contributed by atoms with van der Waals surface area (Å²) in [4.78, 5) is 14.1. The number of aryl methyl sites for hydroxylation is 1. The number of rotatable bonds is 6. The fourth-order valence-corrected chi connectivity index (χ4v) is 3.58. The van der Waals surface area contributed by atoms with Gasteiger partial charge in [0.2, 0.25) is 0 Å². The van der Waals surface area contributed by atoms with Crippen LogP contribution >= 0.6 is 0 Å². The van der Waals surface area contributed by atoms with E-state index in [2.05, 4.69) is 55.4 Å².